The summed E-state index contributed by atoms with van der Waals surface area (Å²) in [5.41, 5.74) is 0. The molecule has 1 fully saturated rings. The highest BCUT2D eigenvalue weighted by atomic mass is 32.2. The SMILES string of the molecule is CCC(=O)N(c1nnc(SC(CC)C(=O)Nc2cc(C)on2)s1)C1CC1. The Morgan fingerprint density at radius 2 is 2.19 bits per heavy atom. The third-order valence-corrected chi connectivity index (χ3v) is 6.24. The van der Waals surface area contributed by atoms with Gasteiger partial charge in [-0.3, -0.25) is 14.5 Å². The van der Waals surface area contributed by atoms with E-state index >= 15 is 0 Å². The van der Waals surface area contributed by atoms with Crippen molar-refractivity contribution < 1.29 is 14.1 Å². The summed E-state index contributed by atoms with van der Waals surface area (Å²) in [4.78, 5) is 26.4. The number of anilines is 2. The van der Waals surface area contributed by atoms with Crippen molar-refractivity contribution in [2.24, 2.45) is 0 Å². The van der Waals surface area contributed by atoms with Crippen molar-refractivity contribution in [2.45, 2.75) is 62.1 Å². The van der Waals surface area contributed by atoms with Crippen molar-refractivity contribution in [2.75, 3.05) is 10.2 Å². The molecule has 10 heteroatoms. The molecule has 0 spiro atoms. The number of hydrogen-bond acceptors (Lipinski definition) is 8. The third kappa shape index (κ3) is 4.42. The van der Waals surface area contributed by atoms with E-state index < -0.39 is 0 Å². The van der Waals surface area contributed by atoms with Crippen LogP contribution in [-0.4, -0.2) is 38.5 Å². The minimum atomic E-state index is -0.330. The van der Waals surface area contributed by atoms with Crippen LogP contribution in [0.3, 0.4) is 0 Å². The predicted octanol–water partition coefficient (Wildman–Crippen LogP) is 3.25. The van der Waals surface area contributed by atoms with Crippen LogP contribution >= 0.6 is 23.1 Å². The summed E-state index contributed by atoms with van der Waals surface area (Å²) in [7, 11) is 0. The van der Waals surface area contributed by atoms with Crippen LogP contribution in [0.1, 0.15) is 45.3 Å². The van der Waals surface area contributed by atoms with Crippen molar-refractivity contribution in [3.63, 3.8) is 0 Å². The second kappa shape index (κ2) is 8.17. The van der Waals surface area contributed by atoms with Crippen LogP contribution in [0.4, 0.5) is 10.9 Å². The first-order valence-corrected chi connectivity index (χ1v) is 10.3. The molecule has 1 atom stereocenters. The van der Waals surface area contributed by atoms with E-state index in [2.05, 4.69) is 20.7 Å². The second-order valence-electron chi connectivity index (χ2n) is 6.03. The number of carbonyl (C=O) groups excluding carboxylic acids is 2. The quantitative estimate of drug-likeness (QED) is 0.541. The van der Waals surface area contributed by atoms with Gasteiger partial charge in [0, 0.05) is 18.5 Å². The Labute approximate surface area is 159 Å². The van der Waals surface area contributed by atoms with Crippen molar-refractivity contribution >= 4 is 45.9 Å². The number of carbonyl (C=O) groups is 2. The largest absolute Gasteiger partial charge is 0.360 e. The Morgan fingerprint density at radius 1 is 1.42 bits per heavy atom. The van der Waals surface area contributed by atoms with Gasteiger partial charge in [-0.2, -0.15) is 0 Å². The lowest BCUT2D eigenvalue weighted by Crippen LogP contribution is -2.32. The van der Waals surface area contributed by atoms with Crippen molar-refractivity contribution in [1.29, 1.82) is 0 Å². The van der Waals surface area contributed by atoms with Gasteiger partial charge in [-0.15, -0.1) is 10.2 Å². The maximum atomic E-state index is 12.4. The molecule has 2 amide bonds. The highest BCUT2D eigenvalue weighted by molar-refractivity contribution is 8.02. The fourth-order valence-corrected chi connectivity index (χ4v) is 4.49. The minimum absolute atomic E-state index is 0.0615. The van der Waals surface area contributed by atoms with Gasteiger partial charge in [0.25, 0.3) is 0 Å². The van der Waals surface area contributed by atoms with Gasteiger partial charge in [0.2, 0.25) is 16.9 Å². The van der Waals surface area contributed by atoms with E-state index in [4.69, 9.17) is 4.52 Å². The van der Waals surface area contributed by atoms with Gasteiger partial charge in [-0.25, -0.2) is 0 Å². The van der Waals surface area contributed by atoms with Crippen LogP contribution in [0.25, 0.3) is 0 Å². The Hall–Kier alpha value is -1.94. The summed E-state index contributed by atoms with van der Waals surface area (Å²) in [6, 6.07) is 1.91. The van der Waals surface area contributed by atoms with Gasteiger partial charge < -0.3 is 9.84 Å². The Bertz CT molecular complexity index is 786. The monoisotopic (exact) mass is 395 g/mol. The number of aryl methyl sites for hydroxylation is 1. The molecule has 0 bridgehead atoms. The zero-order valence-corrected chi connectivity index (χ0v) is 16.5. The van der Waals surface area contributed by atoms with Gasteiger partial charge in [-0.1, -0.05) is 42.1 Å². The van der Waals surface area contributed by atoms with Crippen LogP contribution in [0, 0.1) is 6.92 Å². The molecule has 140 valence electrons. The summed E-state index contributed by atoms with van der Waals surface area (Å²) < 4.78 is 5.63. The number of hydrogen-bond donors (Lipinski definition) is 1. The van der Waals surface area contributed by atoms with E-state index in [-0.39, 0.29) is 23.1 Å². The molecule has 1 aliphatic carbocycles. The molecule has 26 heavy (non-hydrogen) atoms. The number of rotatable bonds is 8. The maximum Gasteiger partial charge on any atom is 0.239 e. The number of thioether (sulfide) groups is 1. The number of nitrogens with zero attached hydrogens (tertiary/aromatic N) is 4. The molecule has 0 saturated heterocycles. The molecule has 0 aliphatic heterocycles. The summed E-state index contributed by atoms with van der Waals surface area (Å²) >= 11 is 2.71. The number of aromatic nitrogens is 3. The summed E-state index contributed by atoms with van der Waals surface area (Å²) in [6.45, 7) is 5.54. The Morgan fingerprint density at radius 3 is 2.77 bits per heavy atom. The van der Waals surface area contributed by atoms with Gasteiger partial charge in [0.1, 0.15) is 5.76 Å². The first-order valence-electron chi connectivity index (χ1n) is 8.58. The molecule has 2 aromatic heterocycles. The van der Waals surface area contributed by atoms with Gasteiger partial charge in [0.05, 0.1) is 5.25 Å². The van der Waals surface area contributed by atoms with Crippen molar-refractivity contribution in [3.8, 4) is 0 Å². The first-order chi connectivity index (χ1) is 12.5. The van der Waals surface area contributed by atoms with Crippen LogP contribution in [0.5, 0.6) is 0 Å². The molecule has 1 unspecified atom stereocenters. The standard InChI is InChI=1S/C16H21N5O3S2/c1-4-11(14(23)17-12-8-9(3)24-20-12)25-16-19-18-15(26-16)21(10-6-7-10)13(22)5-2/h8,10-11H,4-7H2,1-3H3,(H,17,20,23). The van der Waals surface area contributed by atoms with Crippen molar-refractivity contribution in [3.05, 3.63) is 11.8 Å². The molecule has 3 rings (SSSR count). The molecule has 1 aliphatic rings. The fourth-order valence-electron chi connectivity index (χ4n) is 2.39. The van der Waals surface area contributed by atoms with Crippen LogP contribution in [0.2, 0.25) is 0 Å². The van der Waals surface area contributed by atoms with E-state index in [1.54, 1.807) is 17.9 Å². The zero-order valence-electron chi connectivity index (χ0n) is 14.9. The lowest BCUT2D eigenvalue weighted by molar-refractivity contribution is -0.118. The second-order valence-corrected chi connectivity index (χ2v) is 8.43. The van der Waals surface area contributed by atoms with Gasteiger partial charge >= 0.3 is 0 Å². The third-order valence-electron chi connectivity index (χ3n) is 3.87. The zero-order chi connectivity index (χ0) is 18.7. The van der Waals surface area contributed by atoms with Crippen LogP contribution in [0.15, 0.2) is 14.9 Å². The van der Waals surface area contributed by atoms with E-state index in [1.807, 2.05) is 13.8 Å². The highest BCUT2D eigenvalue weighted by Gasteiger charge is 2.35. The van der Waals surface area contributed by atoms with Crippen LogP contribution < -0.4 is 10.2 Å². The van der Waals surface area contributed by atoms with E-state index in [9.17, 15) is 9.59 Å². The summed E-state index contributed by atoms with van der Waals surface area (Å²) in [5.74, 6) is 0.936. The number of nitrogens with one attached hydrogen (secondary N) is 1. The average molecular weight is 396 g/mol. The van der Waals surface area contributed by atoms with E-state index in [1.165, 1.54) is 23.1 Å². The highest BCUT2D eigenvalue weighted by Crippen LogP contribution is 2.37. The van der Waals surface area contributed by atoms with Crippen molar-refractivity contribution in [1.82, 2.24) is 15.4 Å². The molecule has 1 N–H and O–H groups in total. The smallest absolute Gasteiger partial charge is 0.239 e. The van der Waals surface area contributed by atoms with E-state index in [0.717, 1.165) is 12.8 Å². The topological polar surface area (TPSA) is 101 Å². The molecule has 0 radical (unpaired) electrons. The normalized spacial score (nSPS) is 14.9. The predicted molar refractivity (Wildman–Crippen MR) is 101 cm³/mol. The van der Waals surface area contributed by atoms with Gasteiger partial charge in [0.15, 0.2) is 10.2 Å². The number of amides is 2. The molecule has 8 nitrogen and oxygen atoms in total. The first kappa shape index (κ1) is 18.8. The molecular formula is C16H21N5O3S2. The molecule has 0 aromatic carbocycles. The molecular weight excluding hydrogens is 374 g/mol. The lowest BCUT2D eigenvalue weighted by atomic mass is 10.3. The fraction of sp³-hybridized carbons (Fsp3) is 0.562. The Balaban J connectivity index is 1.66. The maximum absolute atomic E-state index is 12.4. The Kier molecular flexibility index (Phi) is 5.92. The minimum Gasteiger partial charge on any atom is -0.360 e. The van der Waals surface area contributed by atoms with Crippen LogP contribution in [-0.2, 0) is 9.59 Å². The van der Waals surface area contributed by atoms with E-state index in [0.29, 0.717) is 33.9 Å². The summed E-state index contributed by atoms with van der Waals surface area (Å²) in [6.07, 6.45) is 3.08. The average Bonchev–Trinajstić information content (AvgIpc) is 3.21. The molecule has 2 aromatic rings. The van der Waals surface area contributed by atoms with Gasteiger partial charge in [-0.05, 0) is 26.2 Å². The molecule has 1 saturated carbocycles. The molecule has 2 heterocycles. The lowest BCUT2D eigenvalue weighted by Gasteiger charge is -2.17. The summed E-state index contributed by atoms with van der Waals surface area (Å²) in [5, 5.41) is 15.2.